The Bertz CT molecular complexity index is 487. The molecule has 1 atom stereocenters. The van der Waals surface area contributed by atoms with Crippen molar-refractivity contribution < 1.29 is 0 Å². The van der Waals surface area contributed by atoms with E-state index in [2.05, 4.69) is 50.2 Å². The van der Waals surface area contributed by atoms with Crippen molar-refractivity contribution in [1.29, 1.82) is 0 Å². The van der Waals surface area contributed by atoms with Gasteiger partial charge in [-0.3, -0.25) is 0 Å². The normalized spacial score (nSPS) is 12.6. The number of hydrogen-bond donors (Lipinski definition) is 1. The van der Waals surface area contributed by atoms with Crippen LogP contribution in [-0.2, 0) is 0 Å². The third kappa shape index (κ3) is 2.96. The number of rotatable bonds is 4. The first-order valence-corrected chi connectivity index (χ1v) is 6.94. The minimum absolute atomic E-state index is 0.198. The first-order chi connectivity index (χ1) is 8.20. The van der Waals surface area contributed by atoms with Crippen molar-refractivity contribution in [2.75, 3.05) is 0 Å². The zero-order valence-electron chi connectivity index (χ0n) is 10.4. The summed E-state index contributed by atoms with van der Waals surface area (Å²) in [5.74, 6) is 0. The highest BCUT2D eigenvalue weighted by molar-refractivity contribution is 7.15. The van der Waals surface area contributed by atoms with Gasteiger partial charge in [0.25, 0.3) is 0 Å². The van der Waals surface area contributed by atoms with Gasteiger partial charge in [-0.05, 0) is 31.0 Å². The molecule has 0 aliphatic heterocycles. The molecule has 1 aromatic heterocycles. The molecule has 0 saturated carbocycles. The van der Waals surface area contributed by atoms with E-state index in [0.29, 0.717) is 0 Å². The SMILES string of the molecule is CCCC(N)c1ccc(-c2cccc(C)c2)s1. The van der Waals surface area contributed by atoms with E-state index in [-0.39, 0.29) is 6.04 Å². The Morgan fingerprint density at radius 1 is 1.24 bits per heavy atom. The highest BCUT2D eigenvalue weighted by atomic mass is 32.1. The summed E-state index contributed by atoms with van der Waals surface area (Å²) < 4.78 is 0. The van der Waals surface area contributed by atoms with E-state index in [9.17, 15) is 0 Å². The first kappa shape index (κ1) is 12.3. The van der Waals surface area contributed by atoms with Crippen LogP contribution in [0.2, 0.25) is 0 Å². The summed E-state index contributed by atoms with van der Waals surface area (Å²) >= 11 is 1.82. The highest BCUT2D eigenvalue weighted by Gasteiger charge is 2.09. The predicted molar refractivity (Wildman–Crippen MR) is 76.3 cm³/mol. The largest absolute Gasteiger partial charge is 0.323 e. The van der Waals surface area contributed by atoms with E-state index in [1.54, 1.807) is 0 Å². The van der Waals surface area contributed by atoms with Gasteiger partial charge in [0, 0.05) is 15.8 Å². The van der Waals surface area contributed by atoms with Gasteiger partial charge < -0.3 is 5.73 Å². The molecule has 1 unspecified atom stereocenters. The summed E-state index contributed by atoms with van der Waals surface area (Å²) in [5, 5.41) is 0. The third-order valence-corrected chi connectivity index (χ3v) is 4.16. The summed E-state index contributed by atoms with van der Waals surface area (Å²) in [4.78, 5) is 2.61. The lowest BCUT2D eigenvalue weighted by molar-refractivity contribution is 0.648. The Morgan fingerprint density at radius 3 is 2.76 bits per heavy atom. The van der Waals surface area contributed by atoms with Gasteiger partial charge in [0.15, 0.2) is 0 Å². The van der Waals surface area contributed by atoms with E-state index < -0.39 is 0 Å². The van der Waals surface area contributed by atoms with Crippen molar-refractivity contribution in [3.05, 3.63) is 46.8 Å². The van der Waals surface area contributed by atoms with Crippen LogP contribution in [0.1, 0.15) is 36.2 Å². The van der Waals surface area contributed by atoms with Crippen LogP contribution in [0, 0.1) is 6.92 Å². The average Bonchev–Trinajstić information content (AvgIpc) is 2.78. The minimum Gasteiger partial charge on any atom is -0.323 e. The van der Waals surface area contributed by atoms with Gasteiger partial charge in [0.05, 0.1) is 0 Å². The van der Waals surface area contributed by atoms with Crippen molar-refractivity contribution in [1.82, 2.24) is 0 Å². The molecular weight excluding hydrogens is 226 g/mol. The lowest BCUT2D eigenvalue weighted by Gasteiger charge is -2.06. The van der Waals surface area contributed by atoms with Crippen LogP contribution in [0.3, 0.4) is 0 Å². The quantitative estimate of drug-likeness (QED) is 0.841. The van der Waals surface area contributed by atoms with E-state index >= 15 is 0 Å². The van der Waals surface area contributed by atoms with Crippen LogP contribution in [-0.4, -0.2) is 0 Å². The highest BCUT2D eigenvalue weighted by Crippen LogP contribution is 2.32. The third-order valence-electron chi connectivity index (χ3n) is 2.89. The molecule has 2 aromatic rings. The van der Waals surface area contributed by atoms with Crippen molar-refractivity contribution in [2.24, 2.45) is 5.73 Å². The summed E-state index contributed by atoms with van der Waals surface area (Å²) in [6, 6.07) is 13.2. The fraction of sp³-hybridized carbons (Fsp3) is 0.333. The molecule has 1 aromatic carbocycles. The zero-order valence-corrected chi connectivity index (χ0v) is 11.3. The van der Waals surface area contributed by atoms with E-state index in [1.165, 1.54) is 20.9 Å². The maximum absolute atomic E-state index is 6.14. The summed E-state index contributed by atoms with van der Waals surface area (Å²) in [6.07, 6.45) is 2.20. The number of benzene rings is 1. The van der Waals surface area contributed by atoms with E-state index in [0.717, 1.165) is 12.8 Å². The topological polar surface area (TPSA) is 26.0 Å². The maximum Gasteiger partial charge on any atom is 0.0389 e. The van der Waals surface area contributed by atoms with Gasteiger partial charge in [0.2, 0.25) is 0 Å². The minimum atomic E-state index is 0.198. The molecule has 0 radical (unpaired) electrons. The second-order valence-electron chi connectivity index (χ2n) is 4.47. The molecule has 0 fully saturated rings. The lowest BCUT2D eigenvalue weighted by atomic mass is 10.1. The van der Waals surface area contributed by atoms with Crippen molar-refractivity contribution >= 4 is 11.3 Å². The smallest absolute Gasteiger partial charge is 0.0389 e. The molecule has 17 heavy (non-hydrogen) atoms. The Balaban J connectivity index is 2.23. The molecule has 90 valence electrons. The van der Waals surface area contributed by atoms with Crippen molar-refractivity contribution in [3.63, 3.8) is 0 Å². The molecule has 2 N–H and O–H groups in total. The zero-order chi connectivity index (χ0) is 12.3. The van der Waals surface area contributed by atoms with Gasteiger partial charge in [-0.1, -0.05) is 43.2 Å². The lowest BCUT2D eigenvalue weighted by Crippen LogP contribution is -2.07. The number of hydrogen-bond acceptors (Lipinski definition) is 2. The molecule has 0 amide bonds. The molecule has 0 saturated heterocycles. The fourth-order valence-electron chi connectivity index (χ4n) is 1.96. The molecule has 0 bridgehead atoms. The summed E-state index contributed by atoms with van der Waals surface area (Å²) in [5.41, 5.74) is 8.73. The summed E-state index contributed by atoms with van der Waals surface area (Å²) in [6.45, 7) is 4.30. The van der Waals surface area contributed by atoms with E-state index in [1.807, 2.05) is 11.3 Å². The molecule has 0 aliphatic carbocycles. The second-order valence-corrected chi connectivity index (χ2v) is 5.58. The summed E-state index contributed by atoms with van der Waals surface area (Å²) in [7, 11) is 0. The molecule has 0 aliphatic rings. The van der Waals surface area contributed by atoms with Crippen molar-refractivity contribution in [2.45, 2.75) is 32.7 Å². The molecule has 0 spiro atoms. The monoisotopic (exact) mass is 245 g/mol. The Hall–Kier alpha value is -1.12. The van der Waals surface area contributed by atoms with Gasteiger partial charge in [-0.25, -0.2) is 0 Å². The first-order valence-electron chi connectivity index (χ1n) is 6.13. The number of nitrogens with two attached hydrogens (primary N) is 1. The Kier molecular flexibility index (Phi) is 3.97. The molecule has 2 heteroatoms. The number of thiophene rings is 1. The van der Waals surface area contributed by atoms with Crippen LogP contribution in [0.4, 0.5) is 0 Å². The Labute approximate surface area is 107 Å². The molecule has 1 heterocycles. The number of aryl methyl sites for hydroxylation is 1. The average molecular weight is 245 g/mol. The van der Waals surface area contributed by atoms with Crippen LogP contribution in [0.15, 0.2) is 36.4 Å². The maximum atomic E-state index is 6.14. The Morgan fingerprint density at radius 2 is 2.06 bits per heavy atom. The van der Waals surface area contributed by atoms with Gasteiger partial charge in [-0.2, -0.15) is 0 Å². The van der Waals surface area contributed by atoms with Crippen LogP contribution >= 0.6 is 11.3 Å². The van der Waals surface area contributed by atoms with E-state index in [4.69, 9.17) is 5.73 Å². The van der Waals surface area contributed by atoms with Gasteiger partial charge in [-0.15, -0.1) is 11.3 Å². The molecule has 1 nitrogen and oxygen atoms in total. The fourth-order valence-corrected chi connectivity index (χ4v) is 3.00. The molecule has 2 rings (SSSR count). The second kappa shape index (κ2) is 5.48. The van der Waals surface area contributed by atoms with Crippen molar-refractivity contribution in [3.8, 4) is 10.4 Å². The van der Waals surface area contributed by atoms with Crippen LogP contribution < -0.4 is 5.73 Å². The standard InChI is InChI=1S/C15H19NS/c1-3-5-13(16)15-9-8-14(17-15)12-7-4-6-11(2)10-12/h4,6-10,13H,3,5,16H2,1-2H3. The van der Waals surface area contributed by atoms with Gasteiger partial charge in [0.1, 0.15) is 0 Å². The van der Waals surface area contributed by atoms with Crippen LogP contribution in [0.5, 0.6) is 0 Å². The van der Waals surface area contributed by atoms with Crippen LogP contribution in [0.25, 0.3) is 10.4 Å². The van der Waals surface area contributed by atoms with Gasteiger partial charge >= 0.3 is 0 Å². The molecular formula is C15H19NS. The predicted octanol–water partition coefficient (Wildman–Crippen LogP) is 4.52.